The van der Waals surface area contributed by atoms with Crippen molar-refractivity contribution in [1.29, 1.82) is 0 Å². The second-order valence-corrected chi connectivity index (χ2v) is 3.70. The third-order valence-electron chi connectivity index (χ3n) is 2.11. The van der Waals surface area contributed by atoms with Crippen LogP contribution >= 0.6 is 0 Å². The van der Waals surface area contributed by atoms with Crippen LogP contribution in [0.5, 0.6) is 5.75 Å². The van der Waals surface area contributed by atoms with Crippen molar-refractivity contribution in [3.05, 3.63) is 35.9 Å². The molecule has 0 heterocycles. The summed E-state index contributed by atoms with van der Waals surface area (Å²) in [5, 5.41) is 11.6. The molecular formula is C13H17NO3. The maximum atomic E-state index is 11.3. The summed E-state index contributed by atoms with van der Waals surface area (Å²) in [6.07, 6.45) is 2.61. The molecule has 0 radical (unpaired) electrons. The molecule has 0 aliphatic rings. The average Bonchev–Trinajstić information content (AvgIpc) is 2.34. The van der Waals surface area contributed by atoms with Gasteiger partial charge in [0.15, 0.2) is 0 Å². The van der Waals surface area contributed by atoms with Crippen LogP contribution in [0.3, 0.4) is 0 Å². The Kier molecular flexibility index (Phi) is 5.23. The molecule has 4 heteroatoms. The molecule has 1 aromatic rings. The number of hydrogen-bond donors (Lipinski definition) is 2. The van der Waals surface area contributed by atoms with E-state index in [1.54, 1.807) is 20.1 Å². The maximum Gasteiger partial charge on any atom is 0.244 e. The SMILES string of the molecule is COc1ccc(/C=C/C(=O)NCC(C)O)cc1. The summed E-state index contributed by atoms with van der Waals surface area (Å²) >= 11 is 0. The summed E-state index contributed by atoms with van der Waals surface area (Å²) < 4.78 is 5.03. The number of amides is 1. The molecule has 92 valence electrons. The van der Waals surface area contributed by atoms with Crippen LogP contribution in [0, 0.1) is 0 Å². The molecule has 0 fully saturated rings. The number of carbonyl (C=O) groups is 1. The molecule has 1 aromatic carbocycles. The molecule has 0 saturated carbocycles. The van der Waals surface area contributed by atoms with Crippen molar-refractivity contribution in [3.63, 3.8) is 0 Å². The van der Waals surface area contributed by atoms with Crippen LogP contribution in [0.25, 0.3) is 6.08 Å². The van der Waals surface area contributed by atoms with Crippen molar-refractivity contribution < 1.29 is 14.6 Å². The van der Waals surface area contributed by atoms with Crippen LogP contribution in [-0.4, -0.2) is 30.8 Å². The fourth-order valence-electron chi connectivity index (χ4n) is 1.19. The van der Waals surface area contributed by atoms with Gasteiger partial charge in [-0.1, -0.05) is 12.1 Å². The molecule has 0 saturated heterocycles. The molecular weight excluding hydrogens is 218 g/mol. The van der Waals surface area contributed by atoms with Gasteiger partial charge in [-0.15, -0.1) is 0 Å². The fourth-order valence-corrected chi connectivity index (χ4v) is 1.19. The van der Waals surface area contributed by atoms with Gasteiger partial charge in [0.25, 0.3) is 0 Å². The number of aliphatic hydroxyl groups excluding tert-OH is 1. The summed E-state index contributed by atoms with van der Waals surface area (Å²) in [4.78, 5) is 11.3. The van der Waals surface area contributed by atoms with Crippen molar-refractivity contribution in [2.75, 3.05) is 13.7 Å². The number of methoxy groups -OCH3 is 1. The van der Waals surface area contributed by atoms with E-state index in [9.17, 15) is 4.79 Å². The first-order valence-electron chi connectivity index (χ1n) is 5.40. The summed E-state index contributed by atoms with van der Waals surface area (Å²) in [5.41, 5.74) is 0.915. The van der Waals surface area contributed by atoms with E-state index in [1.807, 2.05) is 24.3 Å². The normalized spacial score (nSPS) is 12.4. The van der Waals surface area contributed by atoms with E-state index >= 15 is 0 Å². The van der Waals surface area contributed by atoms with Gasteiger partial charge in [0, 0.05) is 12.6 Å². The Balaban J connectivity index is 2.49. The van der Waals surface area contributed by atoms with Gasteiger partial charge in [0.2, 0.25) is 5.91 Å². The zero-order valence-electron chi connectivity index (χ0n) is 10.0. The third kappa shape index (κ3) is 5.17. The Morgan fingerprint density at radius 2 is 2.12 bits per heavy atom. The Bertz CT molecular complexity index is 382. The quantitative estimate of drug-likeness (QED) is 0.754. The lowest BCUT2D eigenvalue weighted by atomic mass is 10.2. The third-order valence-corrected chi connectivity index (χ3v) is 2.11. The van der Waals surface area contributed by atoms with Gasteiger partial charge in [-0.25, -0.2) is 0 Å². The first-order chi connectivity index (χ1) is 8.11. The van der Waals surface area contributed by atoms with Crippen LogP contribution in [-0.2, 0) is 4.79 Å². The van der Waals surface area contributed by atoms with Crippen LogP contribution in [0.1, 0.15) is 12.5 Å². The summed E-state index contributed by atoms with van der Waals surface area (Å²) in [5.74, 6) is 0.558. The van der Waals surface area contributed by atoms with Gasteiger partial charge in [-0.3, -0.25) is 4.79 Å². The van der Waals surface area contributed by atoms with Crippen molar-refractivity contribution in [3.8, 4) is 5.75 Å². The monoisotopic (exact) mass is 235 g/mol. The van der Waals surface area contributed by atoms with E-state index in [1.165, 1.54) is 6.08 Å². The number of aliphatic hydroxyl groups is 1. The minimum Gasteiger partial charge on any atom is -0.497 e. The Hall–Kier alpha value is -1.81. The molecule has 2 N–H and O–H groups in total. The second-order valence-electron chi connectivity index (χ2n) is 3.70. The largest absolute Gasteiger partial charge is 0.497 e. The number of carbonyl (C=O) groups excluding carboxylic acids is 1. The van der Waals surface area contributed by atoms with Gasteiger partial charge in [-0.2, -0.15) is 0 Å². The second kappa shape index (κ2) is 6.70. The van der Waals surface area contributed by atoms with Gasteiger partial charge < -0.3 is 15.2 Å². The summed E-state index contributed by atoms with van der Waals surface area (Å²) in [6.45, 7) is 1.87. The lowest BCUT2D eigenvalue weighted by Gasteiger charge is -2.03. The number of ether oxygens (including phenoxy) is 1. The van der Waals surface area contributed by atoms with Crippen LogP contribution in [0.2, 0.25) is 0 Å². The van der Waals surface area contributed by atoms with Crippen molar-refractivity contribution >= 4 is 12.0 Å². The molecule has 1 amide bonds. The lowest BCUT2D eigenvalue weighted by molar-refractivity contribution is -0.116. The van der Waals surface area contributed by atoms with Crippen molar-refractivity contribution in [1.82, 2.24) is 5.32 Å². The number of hydrogen-bond acceptors (Lipinski definition) is 3. The molecule has 1 unspecified atom stereocenters. The highest BCUT2D eigenvalue weighted by atomic mass is 16.5. The molecule has 0 aliphatic carbocycles. The van der Waals surface area contributed by atoms with Crippen LogP contribution in [0.15, 0.2) is 30.3 Å². The molecule has 17 heavy (non-hydrogen) atoms. The molecule has 0 aromatic heterocycles. The smallest absolute Gasteiger partial charge is 0.244 e. The van der Waals surface area contributed by atoms with E-state index in [2.05, 4.69) is 5.32 Å². The zero-order valence-corrected chi connectivity index (χ0v) is 10.0. The van der Waals surface area contributed by atoms with Gasteiger partial charge in [0.1, 0.15) is 5.75 Å². The van der Waals surface area contributed by atoms with E-state index in [0.29, 0.717) is 0 Å². The highest BCUT2D eigenvalue weighted by Crippen LogP contribution is 2.11. The predicted octanol–water partition coefficient (Wildman–Crippen LogP) is 1.21. The van der Waals surface area contributed by atoms with E-state index in [0.717, 1.165) is 11.3 Å². The van der Waals surface area contributed by atoms with Gasteiger partial charge in [0.05, 0.1) is 13.2 Å². The Morgan fingerprint density at radius 1 is 1.47 bits per heavy atom. The first-order valence-corrected chi connectivity index (χ1v) is 5.40. The molecule has 0 aliphatic heterocycles. The topological polar surface area (TPSA) is 58.6 Å². The van der Waals surface area contributed by atoms with Crippen molar-refractivity contribution in [2.24, 2.45) is 0 Å². The van der Waals surface area contributed by atoms with E-state index in [-0.39, 0.29) is 12.5 Å². The Labute approximate surface area is 101 Å². The van der Waals surface area contributed by atoms with E-state index in [4.69, 9.17) is 9.84 Å². The zero-order chi connectivity index (χ0) is 12.7. The molecule has 0 bridgehead atoms. The molecule has 4 nitrogen and oxygen atoms in total. The highest BCUT2D eigenvalue weighted by Gasteiger charge is 1.98. The molecule has 1 atom stereocenters. The van der Waals surface area contributed by atoms with Crippen LogP contribution in [0.4, 0.5) is 0 Å². The summed E-state index contributed by atoms with van der Waals surface area (Å²) in [7, 11) is 1.61. The van der Waals surface area contributed by atoms with Gasteiger partial charge >= 0.3 is 0 Å². The number of nitrogens with one attached hydrogen (secondary N) is 1. The number of benzene rings is 1. The fraction of sp³-hybridized carbons (Fsp3) is 0.308. The van der Waals surface area contributed by atoms with Crippen molar-refractivity contribution in [2.45, 2.75) is 13.0 Å². The Morgan fingerprint density at radius 3 is 2.65 bits per heavy atom. The summed E-state index contributed by atoms with van der Waals surface area (Å²) in [6, 6.07) is 7.37. The highest BCUT2D eigenvalue weighted by molar-refractivity contribution is 5.91. The standard InChI is InChI=1S/C13H17NO3/c1-10(15)9-14-13(16)8-5-11-3-6-12(17-2)7-4-11/h3-8,10,15H,9H2,1-2H3,(H,14,16)/b8-5+. The van der Waals surface area contributed by atoms with Gasteiger partial charge in [-0.05, 0) is 30.7 Å². The minimum atomic E-state index is -0.534. The number of rotatable bonds is 5. The first kappa shape index (κ1) is 13.3. The van der Waals surface area contributed by atoms with Crippen LogP contribution < -0.4 is 10.1 Å². The lowest BCUT2D eigenvalue weighted by Crippen LogP contribution is -2.28. The minimum absolute atomic E-state index is 0.221. The van der Waals surface area contributed by atoms with E-state index < -0.39 is 6.10 Å². The molecule has 1 rings (SSSR count). The molecule has 0 spiro atoms. The average molecular weight is 235 g/mol. The maximum absolute atomic E-state index is 11.3. The predicted molar refractivity (Wildman–Crippen MR) is 66.7 cm³/mol.